The SMILES string of the molecule is c1ccc(-c2nc(-c3ccccc3)nc(-c3ccc(-c4cccc5nc(-c6ccccc6)c6oc7c(c8ccccc8n7-c7ccccc7)c6c45)cc3)n2)cc1. The van der Waals surface area contributed by atoms with Crippen LogP contribution in [0.3, 0.4) is 0 Å². The second kappa shape index (κ2) is 13.0. The second-order valence-electron chi connectivity index (χ2n) is 13.8. The van der Waals surface area contributed by atoms with E-state index in [-0.39, 0.29) is 0 Å². The van der Waals surface area contributed by atoms with E-state index in [0.717, 1.165) is 88.6 Å². The van der Waals surface area contributed by atoms with Gasteiger partial charge in [0.2, 0.25) is 5.71 Å². The first-order valence-electron chi connectivity index (χ1n) is 18.7. The molecular weight excluding hydrogens is 687 g/mol. The molecule has 11 aromatic rings. The molecule has 0 radical (unpaired) electrons. The molecule has 56 heavy (non-hydrogen) atoms. The van der Waals surface area contributed by atoms with Gasteiger partial charge in [0.05, 0.1) is 16.4 Å². The summed E-state index contributed by atoms with van der Waals surface area (Å²) in [5.74, 6) is 1.88. The van der Waals surface area contributed by atoms with Crippen molar-refractivity contribution in [2.24, 2.45) is 0 Å². The molecule has 0 atom stereocenters. The van der Waals surface area contributed by atoms with Crippen LogP contribution in [0, 0.1) is 0 Å². The molecule has 7 aromatic carbocycles. The lowest BCUT2D eigenvalue weighted by molar-refractivity contribution is 0.645. The molecule has 6 nitrogen and oxygen atoms in total. The third-order valence-electron chi connectivity index (χ3n) is 10.5. The number of aromatic nitrogens is 5. The van der Waals surface area contributed by atoms with E-state index < -0.39 is 0 Å². The second-order valence-corrected chi connectivity index (χ2v) is 13.8. The van der Waals surface area contributed by atoms with Crippen LogP contribution in [0.25, 0.3) is 106 Å². The molecule has 0 saturated carbocycles. The lowest BCUT2D eigenvalue weighted by atomic mass is 9.95. The molecule has 0 aliphatic carbocycles. The largest absolute Gasteiger partial charge is 0.437 e. The third kappa shape index (κ3) is 5.19. The van der Waals surface area contributed by atoms with E-state index in [1.54, 1.807) is 0 Å². The van der Waals surface area contributed by atoms with E-state index in [1.165, 1.54) is 0 Å². The van der Waals surface area contributed by atoms with E-state index in [1.807, 2.05) is 84.9 Å². The molecule has 0 saturated heterocycles. The highest BCUT2D eigenvalue weighted by molar-refractivity contribution is 6.30. The van der Waals surface area contributed by atoms with Crippen LogP contribution in [0.2, 0.25) is 0 Å². The Morgan fingerprint density at radius 1 is 0.375 bits per heavy atom. The Morgan fingerprint density at radius 3 is 1.52 bits per heavy atom. The van der Waals surface area contributed by atoms with Crippen molar-refractivity contribution in [3.63, 3.8) is 0 Å². The molecule has 6 heteroatoms. The van der Waals surface area contributed by atoms with Crippen molar-refractivity contribution in [1.29, 1.82) is 0 Å². The predicted octanol–water partition coefficient (Wildman–Crippen LogP) is 12.6. The number of nitrogens with zero attached hydrogens (tertiary/aromatic N) is 5. The van der Waals surface area contributed by atoms with Crippen LogP contribution in [0.5, 0.6) is 0 Å². The Kier molecular flexibility index (Phi) is 7.38. The predicted molar refractivity (Wildman–Crippen MR) is 226 cm³/mol. The van der Waals surface area contributed by atoms with Gasteiger partial charge >= 0.3 is 0 Å². The topological polar surface area (TPSA) is 69.6 Å². The Balaban J connectivity index is 1.14. The van der Waals surface area contributed by atoms with E-state index in [9.17, 15) is 0 Å². The summed E-state index contributed by atoms with van der Waals surface area (Å²) >= 11 is 0. The highest BCUT2D eigenvalue weighted by Crippen LogP contribution is 2.46. The minimum atomic E-state index is 0.615. The van der Waals surface area contributed by atoms with Gasteiger partial charge in [-0.05, 0) is 35.4 Å². The summed E-state index contributed by atoms with van der Waals surface area (Å²) < 4.78 is 9.28. The summed E-state index contributed by atoms with van der Waals surface area (Å²) in [7, 11) is 0. The average Bonchev–Trinajstić information content (AvgIpc) is 3.82. The van der Waals surface area contributed by atoms with Crippen LogP contribution >= 0.6 is 0 Å². The summed E-state index contributed by atoms with van der Waals surface area (Å²) in [6.07, 6.45) is 0. The van der Waals surface area contributed by atoms with Gasteiger partial charge in [-0.1, -0.05) is 164 Å². The van der Waals surface area contributed by atoms with Gasteiger partial charge in [0.15, 0.2) is 23.1 Å². The van der Waals surface area contributed by atoms with Gasteiger partial charge in [0.1, 0.15) is 5.69 Å². The molecule has 0 aliphatic heterocycles. The molecule has 0 unspecified atom stereocenters. The van der Waals surface area contributed by atoms with Gasteiger partial charge < -0.3 is 4.42 Å². The van der Waals surface area contributed by atoms with Crippen molar-refractivity contribution in [1.82, 2.24) is 24.5 Å². The van der Waals surface area contributed by atoms with E-state index in [2.05, 4.69) is 108 Å². The fourth-order valence-electron chi connectivity index (χ4n) is 7.89. The Bertz CT molecular complexity index is 3150. The van der Waals surface area contributed by atoms with E-state index in [0.29, 0.717) is 17.5 Å². The Morgan fingerprint density at radius 2 is 0.893 bits per heavy atom. The smallest absolute Gasteiger partial charge is 0.213 e. The Hall–Kier alpha value is -7.70. The highest BCUT2D eigenvalue weighted by atomic mass is 16.3. The van der Waals surface area contributed by atoms with Gasteiger partial charge in [-0.3, -0.25) is 4.57 Å². The normalized spacial score (nSPS) is 11.6. The maximum Gasteiger partial charge on any atom is 0.213 e. The zero-order valence-corrected chi connectivity index (χ0v) is 30.0. The molecule has 0 spiro atoms. The molecule has 4 heterocycles. The standard InChI is InChI=1S/C50H31N5O/c1-5-16-33(17-6-1)45-46-44(43-39-24-13-14-27-41(39)55(50(43)56-46)37-22-11-4-12-23-37)42-38(25-15-26-40(42)51-45)32-28-30-36(31-29-32)49-53-47(34-18-7-2-8-19-34)52-48(54-49)35-20-9-3-10-21-35/h1-31H. The molecule has 0 aliphatic rings. The number of fused-ring (bicyclic) bond motifs is 7. The molecule has 262 valence electrons. The fourth-order valence-corrected chi connectivity index (χ4v) is 7.89. The van der Waals surface area contributed by atoms with Gasteiger partial charge in [0, 0.05) is 44.1 Å². The molecular formula is C50H31N5O. The number of furan rings is 1. The first-order valence-corrected chi connectivity index (χ1v) is 18.7. The van der Waals surface area contributed by atoms with Crippen LogP contribution in [0.1, 0.15) is 0 Å². The summed E-state index contributed by atoms with van der Waals surface area (Å²) in [5.41, 5.74) is 11.3. The third-order valence-corrected chi connectivity index (χ3v) is 10.5. The first kappa shape index (κ1) is 31.8. The number of rotatable bonds is 6. The van der Waals surface area contributed by atoms with Crippen molar-refractivity contribution < 1.29 is 4.42 Å². The summed E-state index contributed by atoms with van der Waals surface area (Å²) in [4.78, 5) is 20.1. The first-order chi connectivity index (χ1) is 27.8. The van der Waals surface area contributed by atoms with Crippen LogP contribution < -0.4 is 0 Å². The molecule has 0 N–H and O–H groups in total. The summed E-state index contributed by atoms with van der Waals surface area (Å²) in [6.45, 7) is 0. The lowest BCUT2D eigenvalue weighted by Crippen LogP contribution is -2.00. The molecule has 11 rings (SSSR count). The quantitative estimate of drug-likeness (QED) is 0.171. The van der Waals surface area contributed by atoms with Crippen molar-refractivity contribution >= 4 is 43.9 Å². The van der Waals surface area contributed by atoms with Crippen molar-refractivity contribution in [3.05, 3.63) is 188 Å². The Labute approximate surface area is 322 Å². The number of para-hydroxylation sites is 2. The molecule has 0 fully saturated rings. The average molecular weight is 718 g/mol. The fraction of sp³-hybridized carbons (Fsp3) is 0. The molecule has 4 aromatic heterocycles. The highest BCUT2D eigenvalue weighted by Gasteiger charge is 2.25. The maximum absolute atomic E-state index is 7.06. The van der Waals surface area contributed by atoms with Gasteiger partial charge in [-0.25, -0.2) is 19.9 Å². The number of hydrogen-bond acceptors (Lipinski definition) is 5. The summed E-state index contributed by atoms with van der Waals surface area (Å²) in [6, 6.07) is 64.3. The number of benzene rings is 7. The van der Waals surface area contributed by atoms with Crippen molar-refractivity contribution in [3.8, 4) is 62.2 Å². The van der Waals surface area contributed by atoms with Gasteiger partial charge in [-0.2, -0.15) is 0 Å². The molecule has 0 bridgehead atoms. The van der Waals surface area contributed by atoms with Crippen molar-refractivity contribution in [2.75, 3.05) is 0 Å². The number of pyridine rings is 1. The van der Waals surface area contributed by atoms with Crippen molar-refractivity contribution in [2.45, 2.75) is 0 Å². The van der Waals surface area contributed by atoms with Gasteiger partial charge in [0.25, 0.3) is 0 Å². The zero-order valence-electron chi connectivity index (χ0n) is 30.0. The maximum atomic E-state index is 7.06. The van der Waals surface area contributed by atoms with Crippen LogP contribution in [-0.4, -0.2) is 24.5 Å². The lowest BCUT2D eigenvalue weighted by Gasteiger charge is -2.12. The minimum absolute atomic E-state index is 0.615. The van der Waals surface area contributed by atoms with Crippen LogP contribution in [0.15, 0.2) is 192 Å². The van der Waals surface area contributed by atoms with Crippen LogP contribution in [-0.2, 0) is 0 Å². The van der Waals surface area contributed by atoms with Gasteiger partial charge in [-0.15, -0.1) is 0 Å². The van der Waals surface area contributed by atoms with Crippen LogP contribution in [0.4, 0.5) is 0 Å². The minimum Gasteiger partial charge on any atom is -0.437 e. The number of hydrogen-bond donors (Lipinski definition) is 0. The monoisotopic (exact) mass is 717 g/mol. The van der Waals surface area contributed by atoms with E-state index in [4.69, 9.17) is 24.4 Å². The summed E-state index contributed by atoms with van der Waals surface area (Å²) in [5, 5.41) is 4.29. The molecule has 0 amide bonds. The zero-order chi connectivity index (χ0) is 37.0. The van der Waals surface area contributed by atoms with E-state index >= 15 is 0 Å².